The zero-order valence-electron chi connectivity index (χ0n) is 16.7. The van der Waals surface area contributed by atoms with E-state index >= 15 is 0 Å². The largest absolute Gasteiger partial charge is 0.494 e. The predicted octanol–water partition coefficient (Wildman–Crippen LogP) is 4.52. The lowest BCUT2D eigenvalue weighted by atomic mass is 9.77. The molecule has 2 aromatic rings. The van der Waals surface area contributed by atoms with Gasteiger partial charge in [0.1, 0.15) is 11.4 Å². The molecule has 2 aliphatic rings. The number of amides is 1. The van der Waals surface area contributed by atoms with E-state index in [4.69, 9.17) is 4.74 Å². The van der Waals surface area contributed by atoms with Crippen molar-refractivity contribution in [2.24, 2.45) is 0 Å². The van der Waals surface area contributed by atoms with Crippen LogP contribution in [0.25, 0.3) is 0 Å². The van der Waals surface area contributed by atoms with Crippen LogP contribution in [0.1, 0.15) is 44.1 Å². The SMILES string of the molecule is CCOc1ccc(C2CC(=O)N(c3ccccc3[N+](=O)[O-])C3=C2C(=O)CCC3)cc1. The molecule has 2 aromatic carbocycles. The molecule has 30 heavy (non-hydrogen) atoms. The average Bonchev–Trinajstić information content (AvgIpc) is 2.74. The summed E-state index contributed by atoms with van der Waals surface area (Å²) in [5.74, 6) is 0.145. The van der Waals surface area contributed by atoms with Crippen LogP contribution < -0.4 is 9.64 Å². The number of rotatable bonds is 5. The Balaban J connectivity index is 1.82. The molecule has 0 saturated heterocycles. The number of ketones is 1. The number of nitro benzene ring substituents is 1. The number of ether oxygens (including phenoxy) is 1. The maximum atomic E-state index is 13.2. The Morgan fingerprint density at radius 1 is 1.10 bits per heavy atom. The van der Waals surface area contributed by atoms with E-state index in [1.54, 1.807) is 18.2 Å². The van der Waals surface area contributed by atoms with Gasteiger partial charge in [0.25, 0.3) is 5.69 Å². The highest BCUT2D eigenvalue weighted by atomic mass is 16.6. The number of carbonyl (C=O) groups is 2. The fourth-order valence-electron chi connectivity index (χ4n) is 4.33. The number of Topliss-reactive ketones (excluding diaryl/α,β-unsaturated/α-hetero) is 1. The van der Waals surface area contributed by atoms with Gasteiger partial charge in [-0.3, -0.25) is 24.6 Å². The monoisotopic (exact) mass is 406 g/mol. The number of nitrogens with zero attached hydrogens (tertiary/aromatic N) is 2. The second-order valence-electron chi connectivity index (χ2n) is 7.37. The van der Waals surface area contributed by atoms with Gasteiger partial charge in [0.2, 0.25) is 5.91 Å². The van der Waals surface area contributed by atoms with E-state index in [2.05, 4.69) is 0 Å². The summed E-state index contributed by atoms with van der Waals surface area (Å²) in [6.07, 6.45) is 1.67. The molecule has 1 unspecified atom stereocenters. The highest BCUT2D eigenvalue weighted by Crippen LogP contribution is 2.45. The van der Waals surface area contributed by atoms with Gasteiger partial charge in [-0.25, -0.2) is 0 Å². The second-order valence-corrected chi connectivity index (χ2v) is 7.37. The first-order chi connectivity index (χ1) is 14.5. The third-order valence-corrected chi connectivity index (χ3v) is 5.59. The molecule has 0 fully saturated rings. The maximum absolute atomic E-state index is 13.2. The number of hydrogen-bond donors (Lipinski definition) is 0. The standard InChI is InChI=1S/C23H22N2O5/c1-2-30-16-12-10-15(11-13-16)17-14-22(27)24(20-8-5-9-21(26)23(17)20)18-6-3-4-7-19(18)25(28)29/h3-4,6-7,10-13,17H,2,5,8-9,14H2,1H3. The highest BCUT2D eigenvalue weighted by molar-refractivity contribution is 6.08. The number of carbonyl (C=O) groups excluding carboxylic acids is 2. The molecule has 1 heterocycles. The van der Waals surface area contributed by atoms with Crippen molar-refractivity contribution in [1.29, 1.82) is 0 Å². The summed E-state index contributed by atoms with van der Waals surface area (Å²) in [7, 11) is 0. The number of para-hydroxylation sites is 2. The van der Waals surface area contributed by atoms with E-state index in [1.165, 1.54) is 11.0 Å². The van der Waals surface area contributed by atoms with Gasteiger partial charge in [-0.2, -0.15) is 0 Å². The van der Waals surface area contributed by atoms with Gasteiger partial charge in [-0.15, -0.1) is 0 Å². The van der Waals surface area contributed by atoms with Crippen molar-refractivity contribution in [2.75, 3.05) is 11.5 Å². The van der Waals surface area contributed by atoms with Crippen LogP contribution >= 0.6 is 0 Å². The minimum atomic E-state index is -0.494. The molecule has 1 atom stereocenters. The molecule has 7 nitrogen and oxygen atoms in total. The molecule has 1 amide bonds. The molecule has 0 saturated carbocycles. The van der Waals surface area contributed by atoms with Crippen LogP contribution in [-0.2, 0) is 9.59 Å². The van der Waals surface area contributed by atoms with E-state index in [1.807, 2.05) is 31.2 Å². The normalized spacial score (nSPS) is 19.0. The Morgan fingerprint density at radius 2 is 1.83 bits per heavy atom. The number of allylic oxidation sites excluding steroid dienone is 2. The molecule has 0 aromatic heterocycles. The van der Waals surface area contributed by atoms with Crippen LogP contribution in [0.15, 0.2) is 59.8 Å². The maximum Gasteiger partial charge on any atom is 0.293 e. The van der Waals surface area contributed by atoms with Gasteiger partial charge >= 0.3 is 0 Å². The predicted molar refractivity (Wildman–Crippen MR) is 111 cm³/mol. The minimum absolute atomic E-state index is 0.00576. The molecule has 7 heteroatoms. The third-order valence-electron chi connectivity index (χ3n) is 5.59. The summed E-state index contributed by atoms with van der Waals surface area (Å²) in [5.41, 5.74) is 2.14. The van der Waals surface area contributed by atoms with Crippen LogP contribution in [0.4, 0.5) is 11.4 Å². The van der Waals surface area contributed by atoms with Gasteiger partial charge in [-0.05, 0) is 43.5 Å². The van der Waals surface area contributed by atoms with E-state index in [9.17, 15) is 19.7 Å². The van der Waals surface area contributed by atoms with Crippen LogP contribution in [0.5, 0.6) is 5.75 Å². The number of benzene rings is 2. The minimum Gasteiger partial charge on any atom is -0.494 e. The van der Waals surface area contributed by atoms with E-state index in [0.717, 1.165) is 11.3 Å². The van der Waals surface area contributed by atoms with Crippen molar-refractivity contribution in [1.82, 2.24) is 0 Å². The smallest absolute Gasteiger partial charge is 0.293 e. The molecule has 0 N–H and O–H groups in total. The third kappa shape index (κ3) is 3.47. The van der Waals surface area contributed by atoms with Crippen molar-refractivity contribution >= 4 is 23.1 Å². The van der Waals surface area contributed by atoms with Crippen molar-refractivity contribution < 1.29 is 19.2 Å². The second kappa shape index (κ2) is 8.10. The van der Waals surface area contributed by atoms with Crippen molar-refractivity contribution in [3.05, 3.63) is 75.5 Å². The number of hydrogen-bond acceptors (Lipinski definition) is 5. The first kappa shape index (κ1) is 19.8. The lowest BCUT2D eigenvalue weighted by molar-refractivity contribution is -0.384. The van der Waals surface area contributed by atoms with Crippen LogP contribution in [0.3, 0.4) is 0 Å². The Kier molecular flexibility index (Phi) is 5.35. The number of nitro groups is 1. The van der Waals surface area contributed by atoms with Gasteiger partial charge in [0.15, 0.2) is 5.78 Å². The van der Waals surface area contributed by atoms with Gasteiger partial charge in [0.05, 0.1) is 11.5 Å². The van der Waals surface area contributed by atoms with Gasteiger partial charge < -0.3 is 4.74 Å². The van der Waals surface area contributed by atoms with E-state index < -0.39 is 4.92 Å². The molecular weight excluding hydrogens is 384 g/mol. The highest BCUT2D eigenvalue weighted by Gasteiger charge is 2.41. The lowest BCUT2D eigenvalue weighted by Gasteiger charge is -2.38. The molecular formula is C23H22N2O5. The lowest BCUT2D eigenvalue weighted by Crippen LogP contribution is -2.40. The number of anilines is 1. The van der Waals surface area contributed by atoms with E-state index in [-0.39, 0.29) is 35.4 Å². The van der Waals surface area contributed by atoms with Crippen molar-refractivity contribution in [2.45, 2.75) is 38.5 Å². The van der Waals surface area contributed by atoms with Gasteiger partial charge in [-0.1, -0.05) is 24.3 Å². The van der Waals surface area contributed by atoms with Crippen LogP contribution in [0.2, 0.25) is 0 Å². The Hall–Kier alpha value is -3.48. The van der Waals surface area contributed by atoms with E-state index in [0.29, 0.717) is 37.1 Å². The molecule has 4 rings (SSSR count). The van der Waals surface area contributed by atoms with Crippen molar-refractivity contribution in [3.8, 4) is 5.75 Å². The summed E-state index contributed by atoms with van der Waals surface area (Å²) in [5, 5.41) is 11.5. The summed E-state index contributed by atoms with van der Waals surface area (Å²) >= 11 is 0. The molecule has 1 aliphatic heterocycles. The summed E-state index contributed by atoms with van der Waals surface area (Å²) in [4.78, 5) is 38.6. The summed E-state index contributed by atoms with van der Waals surface area (Å²) < 4.78 is 5.49. The average molecular weight is 406 g/mol. The van der Waals surface area contributed by atoms with Crippen LogP contribution in [-0.4, -0.2) is 23.2 Å². The Morgan fingerprint density at radius 3 is 2.53 bits per heavy atom. The molecule has 0 radical (unpaired) electrons. The molecule has 1 aliphatic carbocycles. The first-order valence-corrected chi connectivity index (χ1v) is 10.1. The zero-order chi connectivity index (χ0) is 21.3. The summed E-state index contributed by atoms with van der Waals surface area (Å²) in [6.45, 7) is 2.46. The molecule has 154 valence electrons. The van der Waals surface area contributed by atoms with Gasteiger partial charge in [0, 0.05) is 36.1 Å². The first-order valence-electron chi connectivity index (χ1n) is 10.1. The topological polar surface area (TPSA) is 89.8 Å². The quantitative estimate of drug-likeness (QED) is 0.538. The fourth-order valence-corrected chi connectivity index (χ4v) is 4.33. The molecule has 0 bridgehead atoms. The molecule has 0 spiro atoms. The summed E-state index contributed by atoms with van der Waals surface area (Å²) in [6, 6.07) is 13.6. The zero-order valence-corrected chi connectivity index (χ0v) is 16.7. The van der Waals surface area contributed by atoms with Crippen LogP contribution in [0, 0.1) is 10.1 Å². The Labute approximate surface area is 174 Å². The fraction of sp³-hybridized carbons (Fsp3) is 0.304. The van der Waals surface area contributed by atoms with Crippen molar-refractivity contribution in [3.63, 3.8) is 0 Å². The Bertz CT molecular complexity index is 1040.